The molecular formula is C40H46N8O6. The monoisotopic (exact) mass is 734 g/mol. The second kappa shape index (κ2) is 15.4. The summed E-state index contributed by atoms with van der Waals surface area (Å²) in [6, 6.07) is 10.1. The first-order valence-corrected chi connectivity index (χ1v) is 18.8. The van der Waals surface area contributed by atoms with E-state index >= 15 is 0 Å². The molecule has 3 aromatic rings. The number of nitrogens with zero attached hydrogens (tertiary/aromatic N) is 3. The fraction of sp³-hybridized carbons (Fsp3) is 0.425. The number of hydrogen-bond acceptors (Lipinski definition) is 9. The predicted molar refractivity (Wildman–Crippen MR) is 202 cm³/mol. The van der Waals surface area contributed by atoms with Crippen LogP contribution in [0.25, 0.3) is 11.0 Å². The summed E-state index contributed by atoms with van der Waals surface area (Å²) < 4.78 is 0. The Labute approximate surface area is 313 Å². The lowest BCUT2D eigenvalue weighted by molar-refractivity contribution is -0.136. The van der Waals surface area contributed by atoms with Crippen molar-refractivity contribution in [2.75, 3.05) is 23.7 Å². The Bertz CT molecular complexity index is 2090. The van der Waals surface area contributed by atoms with Gasteiger partial charge in [-0.25, -0.2) is 4.98 Å². The second-order valence-electron chi connectivity index (χ2n) is 14.8. The first-order chi connectivity index (χ1) is 26.0. The summed E-state index contributed by atoms with van der Waals surface area (Å²) in [6.45, 7) is 4.60. The third kappa shape index (κ3) is 7.43. The Morgan fingerprint density at radius 3 is 2.65 bits per heavy atom. The van der Waals surface area contributed by atoms with E-state index < -0.39 is 41.0 Å². The summed E-state index contributed by atoms with van der Waals surface area (Å²) in [5, 5.41) is 8.47. The zero-order chi connectivity index (χ0) is 38.0. The molecule has 282 valence electrons. The largest absolute Gasteiger partial charge is 0.384 e. The summed E-state index contributed by atoms with van der Waals surface area (Å²) in [6.07, 6.45) is 11.6. The molecule has 0 radical (unpaired) electrons. The number of carbonyl (C=O) groups excluding carboxylic acids is 6. The van der Waals surface area contributed by atoms with Crippen molar-refractivity contribution in [3.8, 4) is 0 Å². The molecular weight excluding hydrogens is 688 g/mol. The van der Waals surface area contributed by atoms with Gasteiger partial charge in [0.05, 0.1) is 34.1 Å². The summed E-state index contributed by atoms with van der Waals surface area (Å²) >= 11 is 0. The maximum atomic E-state index is 13.4. The highest BCUT2D eigenvalue weighted by molar-refractivity contribution is 6.25. The number of nitrogens with two attached hydrogens (primary N) is 1. The number of likely N-dealkylation sites (tertiary alicyclic amines) is 1. The average Bonchev–Trinajstić information content (AvgIpc) is 3.82. The van der Waals surface area contributed by atoms with E-state index in [-0.39, 0.29) is 36.3 Å². The second-order valence-corrected chi connectivity index (χ2v) is 14.8. The zero-order valence-corrected chi connectivity index (χ0v) is 30.4. The van der Waals surface area contributed by atoms with E-state index in [0.717, 1.165) is 54.1 Å². The maximum absolute atomic E-state index is 13.4. The quantitative estimate of drug-likeness (QED) is 0.118. The highest BCUT2D eigenvalue weighted by Crippen LogP contribution is 2.38. The Morgan fingerprint density at radius 1 is 1.04 bits per heavy atom. The molecule has 7 rings (SSSR count). The van der Waals surface area contributed by atoms with E-state index in [1.807, 2.05) is 18.2 Å². The Hall–Kier alpha value is -5.63. The smallest absolute Gasteiger partial charge is 0.264 e. The first kappa shape index (κ1) is 36.7. The topological polar surface area (TPSA) is 200 Å². The molecule has 6 N–H and O–H groups in total. The van der Waals surface area contributed by atoms with E-state index in [4.69, 9.17) is 10.7 Å². The van der Waals surface area contributed by atoms with E-state index in [1.54, 1.807) is 36.4 Å². The van der Waals surface area contributed by atoms with Crippen LogP contribution in [0.15, 0.2) is 60.2 Å². The number of anilines is 2. The van der Waals surface area contributed by atoms with E-state index in [2.05, 4.69) is 32.8 Å². The van der Waals surface area contributed by atoms with Crippen molar-refractivity contribution in [1.29, 1.82) is 0 Å². The van der Waals surface area contributed by atoms with Crippen LogP contribution in [0, 0.1) is 5.41 Å². The molecule has 6 amide bonds. The number of hydrogen-bond donors (Lipinski definition) is 5. The number of allylic oxidation sites excluding steroid dienone is 2. The van der Waals surface area contributed by atoms with Crippen molar-refractivity contribution in [3.05, 3.63) is 77.2 Å². The van der Waals surface area contributed by atoms with Gasteiger partial charge in [0.15, 0.2) is 0 Å². The number of unbranched alkanes of at least 4 members (excludes halogenated alkanes) is 3. The lowest BCUT2D eigenvalue weighted by Crippen LogP contribution is -2.54. The molecule has 0 bridgehead atoms. The normalized spacial score (nSPS) is 22.8. The Morgan fingerprint density at radius 2 is 1.87 bits per heavy atom. The summed E-state index contributed by atoms with van der Waals surface area (Å²) in [4.78, 5) is 88.2. The van der Waals surface area contributed by atoms with Gasteiger partial charge >= 0.3 is 0 Å². The molecule has 2 aromatic carbocycles. The van der Waals surface area contributed by atoms with Gasteiger partial charge in [-0.15, -0.1) is 0 Å². The third-order valence-electron chi connectivity index (χ3n) is 11.2. The lowest BCUT2D eigenvalue weighted by atomic mass is 9.73. The van der Waals surface area contributed by atoms with Crippen LogP contribution in [0.1, 0.15) is 97.7 Å². The third-order valence-corrected chi connectivity index (χ3v) is 11.2. The van der Waals surface area contributed by atoms with Gasteiger partial charge in [0, 0.05) is 36.0 Å². The molecule has 14 heteroatoms. The number of aromatic amines is 1. The average molecular weight is 735 g/mol. The fourth-order valence-corrected chi connectivity index (χ4v) is 8.08. The minimum Gasteiger partial charge on any atom is -0.384 e. The number of piperidine rings is 1. The number of carbonyl (C=O) groups is 6. The predicted octanol–water partition coefficient (Wildman–Crippen LogP) is 4.31. The molecule has 2 unspecified atom stereocenters. The number of amides is 6. The van der Waals surface area contributed by atoms with Gasteiger partial charge in [0.25, 0.3) is 17.7 Å². The molecule has 1 aromatic heterocycles. The minimum atomic E-state index is -1.02. The summed E-state index contributed by atoms with van der Waals surface area (Å²) in [7, 11) is 0. The van der Waals surface area contributed by atoms with Crippen molar-refractivity contribution in [1.82, 2.24) is 25.1 Å². The highest BCUT2D eigenvalue weighted by atomic mass is 16.2. The summed E-state index contributed by atoms with van der Waals surface area (Å²) in [5.41, 5.74) is 8.74. The molecule has 3 aliphatic heterocycles. The van der Waals surface area contributed by atoms with Gasteiger partial charge in [0.2, 0.25) is 17.7 Å². The fourth-order valence-electron chi connectivity index (χ4n) is 8.08. The van der Waals surface area contributed by atoms with Crippen LogP contribution < -0.4 is 21.7 Å². The molecule has 0 saturated carbocycles. The van der Waals surface area contributed by atoms with Crippen molar-refractivity contribution >= 4 is 57.9 Å². The van der Waals surface area contributed by atoms with E-state index in [1.165, 1.54) is 12.8 Å². The molecule has 54 heavy (non-hydrogen) atoms. The van der Waals surface area contributed by atoms with Crippen LogP contribution in [0.3, 0.4) is 0 Å². The zero-order valence-electron chi connectivity index (χ0n) is 30.4. The SMILES string of the molecule is C[C@H]1CCCN1Cc1nc2ccc(NC(=O)C3=CC=CC(CCCCCCNc4cccc5c4C(=O)N(C4CCC(=O)NC4=O)C5=O)(C(N)=O)C3)cc2[nH]1. The number of primary amides is 1. The Kier molecular flexibility index (Phi) is 10.5. The number of benzene rings is 2. The number of fused-ring (bicyclic) bond motifs is 2. The van der Waals surface area contributed by atoms with E-state index in [9.17, 15) is 28.8 Å². The van der Waals surface area contributed by atoms with Crippen molar-refractivity contribution in [2.24, 2.45) is 11.1 Å². The van der Waals surface area contributed by atoms with Crippen LogP contribution in [0.2, 0.25) is 0 Å². The van der Waals surface area contributed by atoms with Crippen molar-refractivity contribution < 1.29 is 28.8 Å². The van der Waals surface area contributed by atoms with Crippen LogP contribution >= 0.6 is 0 Å². The number of H-pyrrole nitrogens is 1. The lowest BCUT2D eigenvalue weighted by Gasteiger charge is -2.30. The molecule has 4 heterocycles. The molecule has 1 aliphatic carbocycles. The Balaban J connectivity index is 0.881. The number of aromatic nitrogens is 2. The van der Waals surface area contributed by atoms with Crippen LogP contribution in [-0.4, -0.2) is 80.4 Å². The molecule has 2 saturated heterocycles. The number of rotatable bonds is 14. The van der Waals surface area contributed by atoms with Crippen molar-refractivity contribution in [3.63, 3.8) is 0 Å². The standard InChI is InChI=1S/C40H46N8O6/c1-24-9-8-20-47(24)23-32-44-28-14-13-26(21-30(28)45-32)43-35(50)25-10-7-18-40(22-25,39(41)54)17-4-2-3-5-19-42-29-12-6-11-27-34(29)38(53)48(37(27)52)31-15-16-33(49)46-36(31)51/h6-7,10-14,18,21,24,31,42H,2-5,8-9,15-17,19-20,22-23H2,1H3,(H2,41,54)(H,43,50)(H,44,45)(H,46,49,51)/t24-,31?,40?/m0/s1. The molecule has 4 aliphatic rings. The van der Waals surface area contributed by atoms with Gasteiger partial charge in [-0.05, 0) is 82.3 Å². The number of nitrogens with one attached hydrogen (secondary N) is 4. The van der Waals surface area contributed by atoms with Crippen LogP contribution in [0.5, 0.6) is 0 Å². The molecule has 2 fully saturated rings. The van der Waals surface area contributed by atoms with Gasteiger partial charge in [-0.1, -0.05) is 43.6 Å². The van der Waals surface area contributed by atoms with Gasteiger partial charge in [-0.3, -0.25) is 43.9 Å². The maximum Gasteiger partial charge on any atom is 0.264 e. The summed E-state index contributed by atoms with van der Waals surface area (Å²) in [5.74, 6) is -2.02. The number of imidazole rings is 1. The van der Waals surface area contributed by atoms with Gasteiger partial charge < -0.3 is 21.4 Å². The van der Waals surface area contributed by atoms with Crippen molar-refractivity contribution in [2.45, 2.75) is 89.8 Å². The van der Waals surface area contributed by atoms with Gasteiger partial charge in [0.1, 0.15) is 11.9 Å². The molecule has 0 spiro atoms. The van der Waals surface area contributed by atoms with Gasteiger partial charge in [-0.2, -0.15) is 0 Å². The minimum absolute atomic E-state index is 0.0581. The number of imide groups is 2. The molecule has 3 atom stereocenters. The first-order valence-electron chi connectivity index (χ1n) is 18.8. The molecule has 14 nitrogen and oxygen atoms in total. The van der Waals surface area contributed by atoms with E-state index in [0.29, 0.717) is 42.4 Å². The highest BCUT2D eigenvalue weighted by Gasteiger charge is 2.45. The van der Waals surface area contributed by atoms with Crippen LogP contribution in [-0.2, 0) is 25.7 Å². The van der Waals surface area contributed by atoms with Crippen LogP contribution in [0.4, 0.5) is 11.4 Å².